The Kier molecular flexibility index (Phi) is 4.91. The van der Waals surface area contributed by atoms with Crippen LogP contribution in [0.2, 0.25) is 0 Å². The highest BCUT2D eigenvalue weighted by Gasteiger charge is 2.45. The van der Waals surface area contributed by atoms with Gasteiger partial charge in [0, 0.05) is 30.8 Å². The summed E-state index contributed by atoms with van der Waals surface area (Å²) >= 11 is 2.00. The predicted molar refractivity (Wildman–Crippen MR) is 92.2 cm³/mol. The third-order valence-corrected chi connectivity index (χ3v) is 5.83. The zero-order chi connectivity index (χ0) is 15.4. The second-order valence-corrected chi connectivity index (χ2v) is 7.39. The molecule has 0 spiro atoms. The lowest BCUT2D eigenvalue weighted by Crippen LogP contribution is -2.47. The molecule has 2 aliphatic rings. The van der Waals surface area contributed by atoms with E-state index >= 15 is 0 Å². The Balaban J connectivity index is 1.58. The molecule has 3 nitrogen and oxygen atoms in total. The molecular weight excluding hydrogens is 297 g/mol. The number of halogens is 1. The molecule has 1 aromatic rings. The molecule has 0 bridgehead atoms. The number of nitrogens with one attached hydrogen (secondary N) is 2. The molecule has 1 saturated carbocycles. The fourth-order valence-electron chi connectivity index (χ4n) is 3.08. The van der Waals surface area contributed by atoms with Crippen LogP contribution in [-0.2, 0) is 5.41 Å². The summed E-state index contributed by atoms with van der Waals surface area (Å²) in [7, 11) is 1.80. The van der Waals surface area contributed by atoms with E-state index in [4.69, 9.17) is 0 Å². The van der Waals surface area contributed by atoms with Gasteiger partial charge in [0.15, 0.2) is 5.96 Å². The van der Waals surface area contributed by atoms with Crippen molar-refractivity contribution in [3.8, 4) is 0 Å². The predicted octanol–water partition coefficient (Wildman–Crippen LogP) is 2.92. The molecule has 3 rings (SSSR count). The van der Waals surface area contributed by atoms with Crippen LogP contribution in [0, 0.1) is 5.82 Å². The Morgan fingerprint density at radius 3 is 2.86 bits per heavy atom. The smallest absolute Gasteiger partial charge is 0.191 e. The SMILES string of the molecule is CN=C(NCC1(c2ccccc2F)CC1)NC1CCCSC1. The first-order chi connectivity index (χ1) is 10.7. The highest BCUT2D eigenvalue weighted by Crippen LogP contribution is 2.48. The van der Waals surface area contributed by atoms with Crippen LogP contribution in [0.3, 0.4) is 0 Å². The first-order valence-electron chi connectivity index (χ1n) is 8.03. The van der Waals surface area contributed by atoms with Crippen LogP contribution in [0.15, 0.2) is 29.3 Å². The van der Waals surface area contributed by atoms with Gasteiger partial charge in [0.05, 0.1) is 0 Å². The van der Waals surface area contributed by atoms with E-state index < -0.39 is 0 Å². The van der Waals surface area contributed by atoms with Crippen molar-refractivity contribution < 1.29 is 4.39 Å². The van der Waals surface area contributed by atoms with Gasteiger partial charge in [-0.2, -0.15) is 11.8 Å². The van der Waals surface area contributed by atoms with E-state index in [0.29, 0.717) is 6.04 Å². The van der Waals surface area contributed by atoms with Gasteiger partial charge in [0.2, 0.25) is 0 Å². The number of nitrogens with zero attached hydrogens (tertiary/aromatic N) is 1. The highest BCUT2D eigenvalue weighted by atomic mass is 32.2. The molecule has 0 amide bonds. The standard InChI is InChI=1S/C17H24FN3S/c1-19-16(21-13-5-4-10-22-11-13)20-12-17(8-9-17)14-6-2-3-7-15(14)18/h2-3,6-7,13H,4-5,8-12H2,1H3,(H2,19,20,21). The summed E-state index contributed by atoms with van der Waals surface area (Å²) in [4.78, 5) is 4.32. The molecule has 2 N–H and O–H groups in total. The summed E-state index contributed by atoms with van der Waals surface area (Å²) < 4.78 is 14.0. The Labute approximate surface area is 136 Å². The Morgan fingerprint density at radius 2 is 2.23 bits per heavy atom. The van der Waals surface area contributed by atoms with Crippen LogP contribution in [0.25, 0.3) is 0 Å². The Bertz CT molecular complexity index is 536. The zero-order valence-corrected chi connectivity index (χ0v) is 13.9. The first kappa shape index (κ1) is 15.7. The molecule has 2 fully saturated rings. The summed E-state index contributed by atoms with van der Waals surface area (Å²) in [6.07, 6.45) is 4.54. The fraction of sp³-hybridized carbons (Fsp3) is 0.588. The number of hydrogen-bond donors (Lipinski definition) is 2. The van der Waals surface area contributed by atoms with Crippen LogP contribution >= 0.6 is 11.8 Å². The van der Waals surface area contributed by atoms with Gasteiger partial charge in [-0.05, 0) is 43.1 Å². The molecule has 120 valence electrons. The second-order valence-electron chi connectivity index (χ2n) is 6.24. The van der Waals surface area contributed by atoms with Crippen molar-refractivity contribution in [3.63, 3.8) is 0 Å². The average Bonchev–Trinajstić information content (AvgIpc) is 3.34. The molecule has 1 aliphatic carbocycles. The first-order valence-corrected chi connectivity index (χ1v) is 9.19. The number of aliphatic imine (C=N–C) groups is 1. The van der Waals surface area contributed by atoms with Crippen molar-refractivity contribution in [1.29, 1.82) is 0 Å². The van der Waals surface area contributed by atoms with Crippen LogP contribution in [-0.4, -0.2) is 37.1 Å². The normalized spacial score (nSPS) is 23.9. The minimum atomic E-state index is -0.0894. The van der Waals surface area contributed by atoms with Gasteiger partial charge in [0.25, 0.3) is 0 Å². The minimum absolute atomic E-state index is 0.0513. The average molecular weight is 321 g/mol. The van der Waals surface area contributed by atoms with Gasteiger partial charge in [-0.3, -0.25) is 4.99 Å². The van der Waals surface area contributed by atoms with E-state index in [1.165, 1.54) is 18.6 Å². The summed E-state index contributed by atoms with van der Waals surface area (Å²) in [5.41, 5.74) is 0.788. The molecule has 0 aromatic heterocycles. The van der Waals surface area contributed by atoms with Crippen molar-refractivity contribution in [2.24, 2.45) is 4.99 Å². The number of hydrogen-bond acceptors (Lipinski definition) is 2. The monoisotopic (exact) mass is 321 g/mol. The van der Waals surface area contributed by atoms with Crippen molar-refractivity contribution >= 4 is 17.7 Å². The molecule has 1 heterocycles. The zero-order valence-electron chi connectivity index (χ0n) is 13.1. The third-order valence-electron chi connectivity index (χ3n) is 4.62. The number of thioether (sulfide) groups is 1. The van der Waals surface area contributed by atoms with Crippen LogP contribution in [0.1, 0.15) is 31.2 Å². The number of rotatable bonds is 4. The minimum Gasteiger partial charge on any atom is -0.356 e. The highest BCUT2D eigenvalue weighted by molar-refractivity contribution is 7.99. The van der Waals surface area contributed by atoms with E-state index in [1.54, 1.807) is 19.2 Å². The molecule has 5 heteroatoms. The van der Waals surface area contributed by atoms with Gasteiger partial charge >= 0.3 is 0 Å². The van der Waals surface area contributed by atoms with Crippen LogP contribution in [0.4, 0.5) is 4.39 Å². The molecule has 22 heavy (non-hydrogen) atoms. The van der Waals surface area contributed by atoms with Crippen molar-refractivity contribution in [2.75, 3.05) is 25.1 Å². The Morgan fingerprint density at radius 1 is 1.41 bits per heavy atom. The van der Waals surface area contributed by atoms with E-state index in [2.05, 4.69) is 15.6 Å². The van der Waals surface area contributed by atoms with Crippen molar-refractivity contribution in [3.05, 3.63) is 35.6 Å². The molecule has 1 aliphatic heterocycles. The largest absolute Gasteiger partial charge is 0.356 e. The van der Waals surface area contributed by atoms with Crippen LogP contribution < -0.4 is 10.6 Å². The summed E-state index contributed by atoms with van der Waals surface area (Å²) in [6.45, 7) is 0.744. The topological polar surface area (TPSA) is 36.4 Å². The second kappa shape index (κ2) is 6.90. The molecule has 1 saturated heterocycles. The van der Waals surface area contributed by atoms with Gasteiger partial charge < -0.3 is 10.6 Å². The quantitative estimate of drug-likeness (QED) is 0.661. The molecule has 1 aromatic carbocycles. The lowest BCUT2D eigenvalue weighted by atomic mass is 9.95. The van der Waals surface area contributed by atoms with Crippen LogP contribution in [0.5, 0.6) is 0 Å². The van der Waals surface area contributed by atoms with Gasteiger partial charge in [0.1, 0.15) is 5.82 Å². The molecule has 0 radical (unpaired) electrons. The van der Waals surface area contributed by atoms with E-state index in [1.807, 2.05) is 23.9 Å². The summed E-state index contributed by atoms with van der Waals surface area (Å²) in [5, 5.41) is 6.90. The van der Waals surface area contributed by atoms with Gasteiger partial charge in [-0.15, -0.1) is 0 Å². The van der Waals surface area contributed by atoms with Gasteiger partial charge in [-0.25, -0.2) is 4.39 Å². The number of guanidine groups is 1. The van der Waals surface area contributed by atoms with E-state index in [9.17, 15) is 4.39 Å². The maximum absolute atomic E-state index is 14.0. The Hall–Kier alpha value is -1.23. The van der Waals surface area contributed by atoms with Crippen molar-refractivity contribution in [1.82, 2.24) is 10.6 Å². The van der Waals surface area contributed by atoms with E-state index in [-0.39, 0.29) is 11.2 Å². The lowest BCUT2D eigenvalue weighted by Gasteiger charge is -2.26. The van der Waals surface area contributed by atoms with Crippen molar-refractivity contribution in [2.45, 2.75) is 37.1 Å². The van der Waals surface area contributed by atoms with E-state index in [0.717, 1.165) is 36.7 Å². The maximum Gasteiger partial charge on any atom is 0.191 e. The third kappa shape index (κ3) is 3.57. The summed E-state index contributed by atoms with van der Waals surface area (Å²) in [5.74, 6) is 3.16. The molecule has 1 unspecified atom stereocenters. The molecular formula is C17H24FN3S. The number of benzene rings is 1. The lowest BCUT2D eigenvalue weighted by molar-refractivity contribution is 0.548. The molecule has 1 atom stereocenters. The maximum atomic E-state index is 14.0. The fourth-order valence-corrected chi connectivity index (χ4v) is 4.15. The summed E-state index contributed by atoms with van der Waals surface area (Å²) in [6, 6.07) is 7.64. The van der Waals surface area contributed by atoms with Gasteiger partial charge in [-0.1, -0.05) is 18.2 Å².